The van der Waals surface area contributed by atoms with Gasteiger partial charge in [0.05, 0.1) is 26.3 Å². The van der Waals surface area contributed by atoms with Crippen molar-refractivity contribution in [2.45, 2.75) is 19.9 Å². The van der Waals surface area contributed by atoms with Crippen molar-refractivity contribution in [1.29, 1.82) is 0 Å². The van der Waals surface area contributed by atoms with Crippen LogP contribution >= 0.6 is 11.3 Å². The lowest BCUT2D eigenvalue weighted by Crippen LogP contribution is -2.33. The molecule has 3 heterocycles. The Hall–Kier alpha value is -2.88. The molecule has 2 aromatic rings. The number of esters is 1. The van der Waals surface area contributed by atoms with Crippen LogP contribution in [-0.4, -0.2) is 53.2 Å². The van der Waals surface area contributed by atoms with E-state index in [1.165, 1.54) is 43.4 Å². The molecule has 0 saturated heterocycles. The Morgan fingerprint density at radius 1 is 1.30 bits per heavy atom. The number of carbonyl (C=O) groups excluding carboxylic acids is 3. The van der Waals surface area contributed by atoms with Gasteiger partial charge in [-0.05, 0) is 12.0 Å². The average Bonchev–Trinajstić information content (AvgIpc) is 3.19. The summed E-state index contributed by atoms with van der Waals surface area (Å²) < 4.78 is 11.5. The Labute approximate surface area is 159 Å². The molecule has 2 amide bonds. The van der Waals surface area contributed by atoms with Crippen LogP contribution in [0.5, 0.6) is 5.88 Å². The molecule has 144 valence electrons. The number of methoxy groups -OCH3 is 2. The number of ether oxygens (including phenoxy) is 2. The first-order chi connectivity index (χ1) is 12.8. The maximum atomic E-state index is 12.7. The molecule has 2 aromatic heterocycles. The zero-order valence-corrected chi connectivity index (χ0v) is 16.3. The summed E-state index contributed by atoms with van der Waals surface area (Å²) >= 11 is 1.28. The normalized spacial score (nSPS) is 13.1. The van der Waals surface area contributed by atoms with E-state index in [-0.39, 0.29) is 17.4 Å². The van der Waals surface area contributed by atoms with Crippen LogP contribution in [0.1, 0.15) is 38.1 Å². The number of aromatic nitrogens is 2. The fourth-order valence-corrected chi connectivity index (χ4v) is 4.27. The predicted molar refractivity (Wildman–Crippen MR) is 98.2 cm³/mol. The third kappa shape index (κ3) is 3.52. The number of nitrogens with one attached hydrogen (secondary N) is 1. The number of rotatable bonds is 4. The Morgan fingerprint density at radius 2 is 2.04 bits per heavy atom. The lowest BCUT2D eigenvalue weighted by molar-refractivity contribution is -0.129. The molecule has 9 nitrogen and oxygen atoms in total. The second kappa shape index (κ2) is 7.39. The van der Waals surface area contributed by atoms with Gasteiger partial charge in [-0.1, -0.05) is 0 Å². The molecule has 1 aliphatic rings. The third-order valence-corrected chi connectivity index (χ3v) is 5.48. The maximum Gasteiger partial charge on any atom is 0.341 e. The molecule has 3 rings (SSSR count). The molecule has 0 saturated carbocycles. The van der Waals surface area contributed by atoms with Crippen molar-refractivity contribution in [3.63, 3.8) is 0 Å². The number of carbonyl (C=O) groups is 3. The van der Waals surface area contributed by atoms with Gasteiger partial charge in [-0.3, -0.25) is 14.3 Å². The second-order valence-electron chi connectivity index (χ2n) is 6.07. The lowest BCUT2D eigenvalue weighted by atomic mass is 10.0. The van der Waals surface area contributed by atoms with Crippen LogP contribution < -0.4 is 10.1 Å². The average molecular weight is 392 g/mol. The molecular formula is C17H20N4O5S. The van der Waals surface area contributed by atoms with E-state index in [2.05, 4.69) is 10.4 Å². The van der Waals surface area contributed by atoms with Crippen molar-refractivity contribution in [3.05, 3.63) is 27.8 Å². The van der Waals surface area contributed by atoms with Crippen molar-refractivity contribution in [1.82, 2.24) is 14.7 Å². The highest BCUT2D eigenvalue weighted by molar-refractivity contribution is 7.17. The molecule has 27 heavy (non-hydrogen) atoms. The second-order valence-corrected chi connectivity index (χ2v) is 7.18. The van der Waals surface area contributed by atoms with Gasteiger partial charge in [0.1, 0.15) is 10.6 Å². The Morgan fingerprint density at radius 3 is 2.67 bits per heavy atom. The minimum atomic E-state index is -0.516. The van der Waals surface area contributed by atoms with Crippen LogP contribution in [0.25, 0.3) is 0 Å². The molecule has 0 bridgehead atoms. The highest BCUT2D eigenvalue weighted by atomic mass is 32.1. The van der Waals surface area contributed by atoms with E-state index in [1.807, 2.05) is 0 Å². The quantitative estimate of drug-likeness (QED) is 0.790. The summed E-state index contributed by atoms with van der Waals surface area (Å²) in [5, 5.41) is 7.23. The van der Waals surface area contributed by atoms with Gasteiger partial charge in [0.15, 0.2) is 0 Å². The fourth-order valence-electron chi connectivity index (χ4n) is 3.02. The van der Waals surface area contributed by atoms with Crippen LogP contribution in [0.15, 0.2) is 6.20 Å². The Balaban J connectivity index is 1.96. The first-order valence-electron chi connectivity index (χ1n) is 8.23. The third-order valence-electron chi connectivity index (χ3n) is 4.35. The van der Waals surface area contributed by atoms with Gasteiger partial charge < -0.3 is 19.7 Å². The van der Waals surface area contributed by atoms with E-state index in [4.69, 9.17) is 9.47 Å². The number of nitrogens with zero attached hydrogens (tertiary/aromatic N) is 3. The van der Waals surface area contributed by atoms with Crippen LogP contribution in [0.3, 0.4) is 0 Å². The van der Waals surface area contributed by atoms with Crippen molar-refractivity contribution >= 4 is 34.1 Å². The summed E-state index contributed by atoms with van der Waals surface area (Å²) in [7, 11) is 4.41. The summed E-state index contributed by atoms with van der Waals surface area (Å²) in [6, 6.07) is 0. The number of fused-ring (bicyclic) bond motifs is 1. The SMILES string of the molecule is COC(=O)c1c(NC(=O)c2cn(C)nc2OC)sc2c1CCN(C(C)=O)C2. The fraction of sp³-hybridized carbons (Fsp3) is 0.412. The van der Waals surface area contributed by atoms with Crippen LogP contribution in [0, 0.1) is 0 Å². The van der Waals surface area contributed by atoms with Gasteiger partial charge in [-0.25, -0.2) is 4.79 Å². The molecular weight excluding hydrogens is 372 g/mol. The predicted octanol–water partition coefficient (Wildman–Crippen LogP) is 1.43. The summed E-state index contributed by atoms with van der Waals surface area (Å²) in [5.74, 6) is -0.789. The first-order valence-corrected chi connectivity index (χ1v) is 9.04. The van der Waals surface area contributed by atoms with E-state index in [0.717, 1.165) is 10.4 Å². The zero-order valence-electron chi connectivity index (χ0n) is 15.5. The molecule has 0 atom stereocenters. The maximum absolute atomic E-state index is 12.7. The smallest absolute Gasteiger partial charge is 0.341 e. The molecule has 0 aliphatic carbocycles. The molecule has 1 aliphatic heterocycles. The zero-order chi connectivity index (χ0) is 19.7. The number of hydrogen-bond donors (Lipinski definition) is 1. The van der Waals surface area contributed by atoms with Crippen molar-refractivity contribution in [2.24, 2.45) is 7.05 Å². The van der Waals surface area contributed by atoms with Crippen molar-refractivity contribution in [3.8, 4) is 5.88 Å². The van der Waals surface area contributed by atoms with E-state index in [9.17, 15) is 14.4 Å². The minimum Gasteiger partial charge on any atom is -0.479 e. The van der Waals surface area contributed by atoms with Gasteiger partial charge in [0.25, 0.3) is 5.91 Å². The Kier molecular flexibility index (Phi) is 5.17. The van der Waals surface area contributed by atoms with Crippen molar-refractivity contribution in [2.75, 3.05) is 26.1 Å². The summed E-state index contributed by atoms with van der Waals surface area (Å²) in [6.45, 7) is 2.44. The van der Waals surface area contributed by atoms with Crippen LogP contribution in [-0.2, 0) is 29.5 Å². The van der Waals surface area contributed by atoms with Crippen LogP contribution in [0.4, 0.5) is 5.00 Å². The van der Waals surface area contributed by atoms with E-state index >= 15 is 0 Å². The topological polar surface area (TPSA) is 103 Å². The van der Waals surface area contributed by atoms with Gasteiger partial charge in [-0.2, -0.15) is 0 Å². The molecule has 0 radical (unpaired) electrons. The molecule has 0 spiro atoms. The molecule has 0 aromatic carbocycles. The molecule has 0 unspecified atom stereocenters. The first kappa shape index (κ1) is 18.9. The highest BCUT2D eigenvalue weighted by Gasteiger charge is 2.30. The summed E-state index contributed by atoms with van der Waals surface area (Å²) in [6.07, 6.45) is 2.07. The van der Waals surface area contributed by atoms with Crippen LogP contribution in [0.2, 0.25) is 0 Å². The summed E-state index contributed by atoms with van der Waals surface area (Å²) in [4.78, 5) is 39.3. The molecule has 10 heteroatoms. The molecule has 0 fully saturated rings. The van der Waals surface area contributed by atoms with E-state index in [1.54, 1.807) is 11.9 Å². The van der Waals surface area contributed by atoms with E-state index < -0.39 is 11.9 Å². The lowest BCUT2D eigenvalue weighted by Gasteiger charge is -2.25. The standard InChI is InChI=1S/C17H20N4O5S/c1-9(22)21-6-5-10-12(8-21)27-16(13(10)17(24)26-4)18-14(23)11-7-20(2)19-15(11)25-3/h7H,5-6,8H2,1-4H3,(H,18,23). The van der Waals surface area contributed by atoms with E-state index in [0.29, 0.717) is 30.1 Å². The molecule has 1 N–H and O–H groups in total. The van der Waals surface area contributed by atoms with Gasteiger partial charge in [0, 0.05) is 31.6 Å². The van der Waals surface area contributed by atoms with Gasteiger partial charge >= 0.3 is 5.97 Å². The summed E-state index contributed by atoms with van der Waals surface area (Å²) in [5.41, 5.74) is 1.42. The number of amides is 2. The number of aryl methyl sites for hydroxylation is 1. The number of thiophene rings is 1. The minimum absolute atomic E-state index is 0.0284. The Bertz CT molecular complexity index is 917. The van der Waals surface area contributed by atoms with Gasteiger partial charge in [-0.15, -0.1) is 16.4 Å². The number of anilines is 1. The van der Waals surface area contributed by atoms with Crippen molar-refractivity contribution < 1.29 is 23.9 Å². The largest absolute Gasteiger partial charge is 0.479 e. The highest BCUT2D eigenvalue weighted by Crippen LogP contribution is 2.38. The van der Waals surface area contributed by atoms with Gasteiger partial charge in [0.2, 0.25) is 11.8 Å². The number of hydrogen-bond acceptors (Lipinski definition) is 7. The monoisotopic (exact) mass is 392 g/mol.